The summed E-state index contributed by atoms with van der Waals surface area (Å²) in [5.74, 6) is 0.780. The molecule has 2 N–H and O–H groups in total. The molecule has 2 rings (SSSR count). The average Bonchev–Trinajstić information content (AvgIpc) is 2.40. The third kappa shape index (κ3) is 4.50. The number of benzene rings is 1. The van der Waals surface area contributed by atoms with Crippen molar-refractivity contribution < 1.29 is 4.79 Å². The molecule has 0 aromatic heterocycles. The van der Waals surface area contributed by atoms with E-state index in [1.165, 1.54) is 5.56 Å². The summed E-state index contributed by atoms with van der Waals surface area (Å²) in [6, 6.07) is 8.10. The van der Waals surface area contributed by atoms with Crippen molar-refractivity contribution in [3.63, 3.8) is 0 Å². The fourth-order valence-electron chi connectivity index (χ4n) is 2.96. The molecule has 1 aromatic rings. The van der Waals surface area contributed by atoms with Gasteiger partial charge in [0.1, 0.15) is 0 Å². The minimum atomic E-state index is -0.171. The second-order valence-electron chi connectivity index (χ2n) is 5.87. The van der Waals surface area contributed by atoms with E-state index in [2.05, 4.69) is 17.9 Å². The molecule has 1 aliphatic rings. The number of piperidine rings is 1. The van der Waals surface area contributed by atoms with Crippen molar-refractivity contribution in [1.82, 2.24) is 4.90 Å². The van der Waals surface area contributed by atoms with Crippen LogP contribution < -0.4 is 5.73 Å². The Morgan fingerprint density at radius 2 is 2.15 bits per heavy atom. The standard InChI is InChI=1S/C16H23ClN2O/c1-12(14-3-2-4-15(17)10-14)11-19-7-5-13(6-8-19)9-16(18)20/h2-4,10,12-13H,5-9,11H2,1H3,(H2,18,20)/t12-/m0/s1. The molecule has 110 valence electrons. The maximum atomic E-state index is 10.9. The first-order valence-corrected chi connectivity index (χ1v) is 7.68. The molecule has 20 heavy (non-hydrogen) atoms. The van der Waals surface area contributed by atoms with Crippen molar-refractivity contribution in [2.45, 2.75) is 32.1 Å². The number of nitrogens with zero attached hydrogens (tertiary/aromatic N) is 1. The van der Waals surface area contributed by atoms with Crippen LogP contribution in [0.3, 0.4) is 0 Å². The summed E-state index contributed by atoms with van der Waals surface area (Å²) in [5.41, 5.74) is 6.55. The Hall–Kier alpha value is -1.06. The number of likely N-dealkylation sites (tertiary alicyclic amines) is 1. The van der Waals surface area contributed by atoms with Crippen LogP contribution in [0.4, 0.5) is 0 Å². The molecule has 1 fully saturated rings. The van der Waals surface area contributed by atoms with Crippen molar-refractivity contribution in [1.29, 1.82) is 0 Å². The van der Waals surface area contributed by atoms with Crippen molar-refractivity contribution >= 4 is 17.5 Å². The summed E-state index contributed by atoms with van der Waals surface area (Å²) in [6.07, 6.45) is 2.69. The Morgan fingerprint density at radius 1 is 1.45 bits per heavy atom. The number of nitrogens with two attached hydrogens (primary N) is 1. The van der Waals surface area contributed by atoms with Crippen LogP contribution >= 0.6 is 11.6 Å². The van der Waals surface area contributed by atoms with Gasteiger partial charge in [-0.3, -0.25) is 4.79 Å². The Bertz CT molecular complexity index is 456. The molecule has 0 unspecified atom stereocenters. The number of hydrogen-bond donors (Lipinski definition) is 1. The van der Waals surface area contributed by atoms with Gasteiger partial charge in [0, 0.05) is 18.0 Å². The van der Waals surface area contributed by atoms with Crippen LogP contribution in [0.1, 0.15) is 37.7 Å². The molecule has 0 aliphatic carbocycles. The van der Waals surface area contributed by atoms with Gasteiger partial charge in [-0.25, -0.2) is 0 Å². The van der Waals surface area contributed by atoms with E-state index in [4.69, 9.17) is 17.3 Å². The van der Waals surface area contributed by atoms with Crippen molar-refractivity contribution in [3.8, 4) is 0 Å². The van der Waals surface area contributed by atoms with E-state index in [-0.39, 0.29) is 5.91 Å². The van der Waals surface area contributed by atoms with Crippen LogP contribution in [-0.4, -0.2) is 30.4 Å². The predicted molar refractivity (Wildman–Crippen MR) is 82.8 cm³/mol. The highest BCUT2D eigenvalue weighted by molar-refractivity contribution is 6.30. The molecule has 0 saturated carbocycles. The first-order valence-electron chi connectivity index (χ1n) is 7.30. The second kappa shape index (κ2) is 7.09. The third-order valence-corrected chi connectivity index (χ3v) is 4.38. The van der Waals surface area contributed by atoms with Crippen LogP contribution in [0.25, 0.3) is 0 Å². The quantitative estimate of drug-likeness (QED) is 0.907. The Balaban J connectivity index is 1.82. The molecule has 1 amide bonds. The molecule has 3 nitrogen and oxygen atoms in total. The molecular weight excluding hydrogens is 272 g/mol. The predicted octanol–water partition coefficient (Wildman–Crippen LogP) is 3.03. The summed E-state index contributed by atoms with van der Waals surface area (Å²) in [7, 11) is 0. The lowest BCUT2D eigenvalue weighted by Gasteiger charge is -2.33. The van der Waals surface area contributed by atoms with Gasteiger partial charge in [-0.2, -0.15) is 0 Å². The number of rotatable bonds is 5. The number of carbonyl (C=O) groups excluding carboxylic acids is 1. The lowest BCUT2D eigenvalue weighted by Crippen LogP contribution is -2.37. The highest BCUT2D eigenvalue weighted by atomic mass is 35.5. The van der Waals surface area contributed by atoms with E-state index in [9.17, 15) is 4.79 Å². The molecule has 1 aromatic carbocycles. The van der Waals surface area contributed by atoms with E-state index in [1.54, 1.807) is 0 Å². The van der Waals surface area contributed by atoms with E-state index >= 15 is 0 Å². The monoisotopic (exact) mass is 294 g/mol. The van der Waals surface area contributed by atoms with Gasteiger partial charge in [-0.15, -0.1) is 0 Å². The van der Waals surface area contributed by atoms with Gasteiger partial charge in [-0.05, 0) is 55.5 Å². The van der Waals surface area contributed by atoms with Crippen molar-refractivity contribution in [2.75, 3.05) is 19.6 Å². The molecule has 0 radical (unpaired) electrons. The van der Waals surface area contributed by atoms with Gasteiger partial charge in [0.05, 0.1) is 0 Å². The lowest BCUT2D eigenvalue weighted by atomic mass is 9.92. The van der Waals surface area contributed by atoms with Crippen LogP contribution in [0, 0.1) is 5.92 Å². The molecule has 1 atom stereocenters. The molecule has 1 saturated heterocycles. The normalized spacial score (nSPS) is 18.9. The number of halogens is 1. The van der Waals surface area contributed by atoms with Gasteiger partial charge < -0.3 is 10.6 Å². The summed E-state index contributed by atoms with van der Waals surface area (Å²) in [6.45, 7) is 5.40. The maximum Gasteiger partial charge on any atom is 0.217 e. The van der Waals surface area contributed by atoms with Gasteiger partial charge in [0.25, 0.3) is 0 Å². The van der Waals surface area contributed by atoms with E-state index in [1.807, 2.05) is 18.2 Å². The molecule has 0 spiro atoms. The zero-order valence-electron chi connectivity index (χ0n) is 12.0. The largest absolute Gasteiger partial charge is 0.370 e. The van der Waals surface area contributed by atoms with E-state index in [0.717, 1.165) is 37.5 Å². The van der Waals surface area contributed by atoms with Crippen molar-refractivity contribution in [2.24, 2.45) is 11.7 Å². The van der Waals surface area contributed by atoms with Gasteiger partial charge >= 0.3 is 0 Å². The van der Waals surface area contributed by atoms with Crippen molar-refractivity contribution in [3.05, 3.63) is 34.9 Å². The minimum absolute atomic E-state index is 0.171. The molecule has 4 heteroatoms. The van der Waals surface area contributed by atoms with Crippen LogP contribution in [0.2, 0.25) is 5.02 Å². The SMILES string of the molecule is C[C@@H](CN1CCC(CC(N)=O)CC1)c1cccc(Cl)c1. The van der Waals surface area contributed by atoms with Gasteiger partial charge in [0.2, 0.25) is 5.91 Å². The topological polar surface area (TPSA) is 46.3 Å². The van der Waals surface area contributed by atoms with Crippen LogP contribution in [-0.2, 0) is 4.79 Å². The molecule has 0 bridgehead atoms. The minimum Gasteiger partial charge on any atom is -0.370 e. The number of amides is 1. The fourth-order valence-corrected chi connectivity index (χ4v) is 3.16. The highest BCUT2D eigenvalue weighted by Crippen LogP contribution is 2.24. The Morgan fingerprint density at radius 3 is 2.75 bits per heavy atom. The number of carbonyl (C=O) groups is 1. The number of primary amides is 1. The molecule has 1 aliphatic heterocycles. The third-order valence-electron chi connectivity index (χ3n) is 4.15. The second-order valence-corrected chi connectivity index (χ2v) is 6.31. The fraction of sp³-hybridized carbons (Fsp3) is 0.562. The Labute approximate surface area is 126 Å². The highest BCUT2D eigenvalue weighted by Gasteiger charge is 2.22. The Kier molecular flexibility index (Phi) is 5.44. The number of hydrogen-bond acceptors (Lipinski definition) is 2. The zero-order chi connectivity index (χ0) is 14.5. The smallest absolute Gasteiger partial charge is 0.217 e. The first kappa shape index (κ1) is 15.3. The van der Waals surface area contributed by atoms with Gasteiger partial charge in [-0.1, -0.05) is 30.7 Å². The first-order chi connectivity index (χ1) is 9.54. The van der Waals surface area contributed by atoms with Gasteiger partial charge in [0.15, 0.2) is 0 Å². The maximum absolute atomic E-state index is 10.9. The van der Waals surface area contributed by atoms with Crippen LogP contribution in [0.15, 0.2) is 24.3 Å². The van der Waals surface area contributed by atoms with Crippen LogP contribution in [0.5, 0.6) is 0 Å². The average molecular weight is 295 g/mol. The summed E-state index contributed by atoms with van der Waals surface area (Å²) in [4.78, 5) is 13.4. The molecule has 1 heterocycles. The molecular formula is C16H23ClN2O. The zero-order valence-corrected chi connectivity index (χ0v) is 12.8. The summed E-state index contributed by atoms with van der Waals surface area (Å²) >= 11 is 6.04. The summed E-state index contributed by atoms with van der Waals surface area (Å²) < 4.78 is 0. The van der Waals surface area contributed by atoms with E-state index in [0.29, 0.717) is 18.3 Å². The van der Waals surface area contributed by atoms with E-state index < -0.39 is 0 Å². The summed E-state index contributed by atoms with van der Waals surface area (Å²) in [5, 5.41) is 0.800. The lowest BCUT2D eigenvalue weighted by molar-refractivity contribution is -0.119.